The van der Waals surface area contributed by atoms with Gasteiger partial charge in [0, 0.05) is 26.0 Å². The molecule has 1 atom stereocenters. The van der Waals surface area contributed by atoms with Crippen LogP contribution in [0, 0.1) is 5.92 Å². The summed E-state index contributed by atoms with van der Waals surface area (Å²) < 4.78 is 7.29. The minimum atomic E-state index is 0.330. The molecule has 1 aliphatic carbocycles. The Labute approximate surface area is 97.0 Å². The van der Waals surface area contributed by atoms with Crippen molar-refractivity contribution in [3.63, 3.8) is 0 Å². The minimum absolute atomic E-state index is 0.330. The predicted octanol–water partition coefficient (Wildman–Crippen LogP) is 2.30. The minimum Gasteiger partial charge on any atom is -0.383 e. The zero-order chi connectivity index (χ0) is 11.4. The number of ether oxygens (including phenoxy) is 1. The molecule has 1 aliphatic rings. The molecule has 0 saturated heterocycles. The number of hydrogen-bond donors (Lipinski definition) is 1. The highest BCUT2D eigenvalue weighted by Gasteiger charge is 2.20. The van der Waals surface area contributed by atoms with Crippen LogP contribution >= 0.6 is 0 Å². The molecular formula is C12H21N3O. The highest BCUT2D eigenvalue weighted by Crippen LogP contribution is 2.32. The first-order chi connectivity index (χ1) is 7.81. The fraction of sp³-hybridized carbons (Fsp3) is 0.750. The maximum atomic E-state index is 5.16. The Hall–Kier alpha value is -1.03. The molecule has 0 aliphatic heterocycles. The largest absolute Gasteiger partial charge is 0.383 e. The Balaban J connectivity index is 1.84. The van der Waals surface area contributed by atoms with E-state index in [1.807, 2.05) is 12.4 Å². The van der Waals surface area contributed by atoms with Gasteiger partial charge in [-0.2, -0.15) is 0 Å². The van der Waals surface area contributed by atoms with Gasteiger partial charge in [-0.25, -0.2) is 4.98 Å². The van der Waals surface area contributed by atoms with Gasteiger partial charge in [0.25, 0.3) is 0 Å². The molecule has 0 bridgehead atoms. The monoisotopic (exact) mass is 223 g/mol. The van der Waals surface area contributed by atoms with E-state index in [1.165, 1.54) is 19.3 Å². The first-order valence-corrected chi connectivity index (χ1v) is 6.07. The van der Waals surface area contributed by atoms with Crippen LogP contribution in [0.4, 0.5) is 5.95 Å². The lowest BCUT2D eigenvalue weighted by atomic mass is 10.3. The van der Waals surface area contributed by atoms with Crippen LogP contribution in [-0.2, 0) is 4.74 Å². The number of nitrogens with one attached hydrogen (secondary N) is 1. The molecule has 4 heteroatoms. The lowest BCUT2D eigenvalue weighted by Gasteiger charge is -2.16. The van der Waals surface area contributed by atoms with Crippen molar-refractivity contribution in [2.75, 3.05) is 25.6 Å². The fourth-order valence-corrected chi connectivity index (χ4v) is 1.92. The van der Waals surface area contributed by atoms with Crippen LogP contribution < -0.4 is 5.32 Å². The molecule has 1 heterocycles. The molecule has 4 nitrogen and oxygen atoms in total. The molecule has 0 amide bonds. The topological polar surface area (TPSA) is 39.1 Å². The van der Waals surface area contributed by atoms with Crippen molar-refractivity contribution in [3.8, 4) is 0 Å². The Bertz CT molecular complexity index is 320. The van der Waals surface area contributed by atoms with Crippen LogP contribution in [0.15, 0.2) is 12.4 Å². The third-order valence-electron chi connectivity index (χ3n) is 3.08. The lowest BCUT2D eigenvalue weighted by Crippen LogP contribution is -2.15. The van der Waals surface area contributed by atoms with Crippen LogP contribution in [0.1, 0.15) is 32.2 Å². The van der Waals surface area contributed by atoms with Crippen molar-refractivity contribution in [2.45, 2.75) is 32.2 Å². The molecule has 90 valence electrons. The first-order valence-electron chi connectivity index (χ1n) is 6.07. The van der Waals surface area contributed by atoms with E-state index >= 15 is 0 Å². The van der Waals surface area contributed by atoms with Crippen molar-refractivity contribution in [1.29, 1.82) is 0 Å². The SMILES string of the molecule is COCC(C)n1ccnc1NCCC1CC1. The average Bonchev–Trinajstić information content (AvgIpc) is 2.96. The summed E-state index contributed by atoms with van der Waals surface area (Å²) in [4.78, 5) is 4.33. The van der Waals surface area contributed by atoms with Gasteiger partial charge < -0.3 is 14.6 Å². The molecule has 1 fully saturated rings. The highest BCUT2D eigenvalue weighted by molar-refractivity contribution is 5.26. The number of anilines is 1. The number of hydrogen-bond acceptors (Lipinski definition) is 3. The van der Waals surface area contributed by atoms with Gasteiger partial charge in [-0.1, -0.05) is 12.8 Å². The molecular weight excluding hydrogens is 202 g/mol. The zero-order valence-corrected chi connectivity index (χ0v) is 10.1. The Morgan fingerprint density at radius 1 is 1.62 bits per heavy atom. The van der Waals surface area contributed by atoms with Crippen molar-refractivity contribution in [2.24, 2.45) is 5.92 Å². The zero-order valence-electron chi connectivity index (χ0n) is 10.1. The summed E-state index contributed by atoms with van der Waals surface area (Å²) >= 11 is 0. The molecule has 1 unspecified atom stereocenters. The predicted molar refractivity (Wildman–Crippen MR) is 64.6 cm³/mol. The standard InChI is InChI=1S/C12H21N3O/c1-10(9-16-2)15-8-7-14-12(15)13-6-5-11-3-4-11/h7-8,10-11H,3-6,9H2,1-2H3,(H,13,14). The molecule has 0 aromatic carbocycles. The second kappa shape index (κ2) is 5.34. The van der Waals surface area contributed by atoms with E-state index in [9.17, 15) is 0 Å². The van der Waals surface area contributed by atoms with Crippen molar-refractivity contribution < 1.29 is 4.74 Å². The fourth-order valence-electron chi connectivity index (χ4n) is 1.92. The van der Waals surface area contributed by atoms with E-state index in [0.29, 0.717) is 12.6 Å². The summed E-state index contributed by atoms with van der Waals surface area (Å²) in [7, 11) is 1.73. The van der Waals surface area contributed by atoms with Crippen LogP contribution in [0.2, 0.25) is 0 Å². The van der Waals surface area contributed by atoms with E-state index in [4.69, 9.17) is 4.74 Å². The van der Waals surface area contributed by atoms with Crippen LogP contribution in [0.25, 0.3) is 0 Å². The Morgan fingerprint density at radius 3 is 3.12 bits per heavy atom. The Kier molecular flexibility index (Phi) is 3.83. The van der Waals surface area contributed by atoms with Gasteiger partial charge in [0.1, 0.15) is 0 Å². The number of imidazole rings is 1. The van der Waals surface area contributed by atoms with E-state index in [1.54, 1.807) is 7.11 Å². The lowest BCUT2D eigenvalue weighted by molar-refractivity contribution is 0.163. The average molecular weight is 223 g/mol. The van der Waals surface area contributed by atoms with Gasteiger partial charge in [-0.3, -0.25) is 0 Å². The first kappa shape index (κ1) is 11.5. The summed E-state index contributed by atoms with van der Waals surface area (Å²) in [5, 5.41) is 3.40. The number of nitrogens with zero attached hydrogens (tertiary/aromatic N) is 2. The van der Waals surface area contributed by atoms with E-state index in [0.717, 1.165) is 18.4 Å². The van der Waals surface area contributed by atoms with E-state index in [-0.39, 0.29) is 0 Å². The smallest absolute Gasteiger partial charge is 0.203 e. The van der Waals surface area contributed by atoms with E-state index < -0.39 is 0 Å². The van der Waals surface area contributed by atoms with Gasteiger partial charge in [0.05, 0.1) is 12.6 Å². The molecule has 1 saturated carbocycles. The third kappa shape index (κ3) is 2.98. The molecule has 16 heavy (non-hydrogen) atoms. The van der Waals surface area contributed by atoms with Gasteiger partial charge in [0.15, 0.2) is 0 Å². The van der Waals surface area contributed by atoms with Crippen molar-refractivity contribution in [3.05, 3.63) is 12.4 Å². The molecule has 1 aromatic heterocycles. The van der Waals surface area contributed by atoms with Gasteiger partial charge in [0.2, 0.25) is 5.95 Å². The number of methoxy groups -OCH3 is 1. The third-order valence-corrected chi connectivity index (χ3v) is 3.08. The molecule has 1 N–H and O–H groups in total. The van der Waals surface area contributed by atoms with Crippen molar-refractivity contribution in [1.82, 2.24) is 9.55 Å². The number of aromatic nitrogens is 2. The normalized spacial score (nSPS) is 17.4. The van der Waals surface area contributed by atoms with Crippen LogP contribution in [0.5, 0.6) is 0 Å². The molecule has 2 rings (SSSR count). The Morgan fingerprint density at radius 2 is 2.44 bits per heavy atom. The van der Waals surface area contributed by atoms with Gasteiger partial charge in [-0.15, -0.1) is 0 Å². The van der Waals surface area contributed by atoms with Gasteiger partial charge >= 0.3 is 0 Å². The summed E-state index contributed by atoms with van der Waals surface area (Å²) in [5.41, 5.74) is 0. The molecule has 0 radical (unpaired) electrons. The molecule has 0 spiro atoms. The summed E-state index contributed by atoms with van der Waals surface area (Å²) in [5.74, 6) is 1.93. The number of rotatable bonds is 7. The molecule has 1 aromatic rings. The second-order valence-corrected chi connectivity index (χ2v) is 4.62. The summed E-state index contributed by atoms with van der Waals surface area (Å²) in [6.07, 6.45) is 7.94. The van der Waals surface area contributed by atoms with E-state index in [2.05, 4.69) is 21.8 Å². The quantitative estimate of drug-likeness (QED) is 0.771. The maximum Gasteiger partial charge on any atom is 0.203 e. The van der Waals surface area contributed by atoms with Crippen molar-refractivity contribution >= 4 is 5.95 Å². The summed E-state index contributed by atoms with van der Waals surface area (Å²) in [6.45, 7) is 3.88. The van der Waals surface area contributed by atoms with Gasteiger partial charge in [-0.05, 0) is 19.3 Å². The maximum absolute atomic E-state index is 5.16. The summed E-state index contributed by atoms with van der Waals surface area (Å²) in [6, 6.07) is 0.330. The van der Waals surface area contributed by atoms with Crippen LogP contribution in [0.3, 0.4) is 0 Å². The second-order valence-electron chi connectivity index (χ2n) is 4.62. The van der Waals surface area contributed by atoms with Crippen LogP contribution in [-0.4, -0.2) is 29.8 Å². The highest BCUT2D eigenvalue weighted by atomic mass is 16.5.